The fraction of sp³-hybridized carbons (Fsp3) is 0.115. The van der Waals surface area contributed by atoms with Crippen molar-refractivity contribution in [2.24, 2.45) is 0 Å². The smallest absolute Gasteiger partial charge is 0.424 e. The lowest BCUT2D eigenvalue weighted by atomic mass is 9.92. The number of halogens is 1. The van der Waals surface area contributed by atoms with E-state index in [1.807, 2.05) is 150 Å². The van der Waals surface area contributed by atoms with Crippen molar-refractivity contribution in [2.45, 2.75) is 34.6 Å². The van der Waals surface area contributed by atoms with Crippen molar-refractivity contribution in [3.8, 4) is 28.4 Å². The highest BCUT2D eigenvalue weighted by atomic mass is 35.5. The van der Waals surface area contributed by atoms with E-state index < -0.39 is 17.1 Å². The normalized spacial score (nSPS) is 17.0. The Morgan fingerprint density at radius 2 is 1.13 bits per heavy atom. The van der Waals surface area contributed by atoms with Gasteiger partial charge in [0.05, 0.1) is 23.5 Å². The van der Waals surface area contributed by atoms with Gasteiger partial charge in [-0.2, -0.15) is 0 Å². The van der Waals surface area contributed by atoms with Gasteiger partial charge in [-0.25, -0.2) is 9.34 Å². The van der Waals surface area contributed by atoms with E-state index >= 15 is 0 Å². The highest BCUT2D eigenvalue weighted by Crippen LogP contribution is 2.57. The Labute approximate surface area is 376 Å². The average molecular weight is 893 g/mol. The molecule has 0 saturated carbocycles. The zero-order valence-corrected chi connectivity index (χ0v) is 38.2. The topological polar surface area (TPSA) is 77.5 Å². The molecule has 7 aromatic carbocycles. The lowest BCUT2D eigenvalue weighted by Gasteiger charge is -2.34. The van der Waals surface area contributed by atoms with Crippen LogP contribution < -0.4 is 22.9 Å². The molecule has 0 N–H and O–H groups in total. The number of fused-ring (bicyclic) bond motifs is 3. The van der Waals surface area contributed by atoms with Gasteiger partial charge in [0.25, 0.3) is 11.8 Å². The minimum Gasteiger partial charge on any atom is -0.431 e. The van der Waals surface area contributed by atoms with Crippen molar-refractivity contribution in [3.63, 3.8) is 0 Å². The Kier molecular flexibility index (Phi) is 14.7. The van der Waals surface area contributed by atoms with E-state index in [0.29, 0.717) is 50.3 Å². The molecule has 7 aromatic rings. The maximum absolute atomic E-state index is 14.3. The molecule has 2 aliphatic heterocycles. The molecular weight excluding hydrogens is 846 g/mol. The number of carbonyl (C=O) groups is 2. The van der Waals surface area contributed by atoms with Crippen LogP contribution in [0.4, 0.5) is 11.4 Å². The fourth-order valence-corrected chi connectivity index (χ4v) is 9.88. The maximum atomic E-state index is 14.3. The Morgan fingerprint density at radius 3 is 1.75 bits per heavy atom. The number of carbonyl (C=O) groups excluding carboxylic acids is 2. The molecule has 2 heterocycles. The molecule has 2 amide bonds. The minimum atomic E-state index is -2.13. The number of anilines is 2. The number of hydrogen-bond donors (Lipinski definition) is 0. The monoisotopic (exact) mass is 892 g/mol. The molecule has 0 radical (unpaired) electrons. The molecule has 2 unspecified atom stereocenters. The molecule has 0 spiro atoms. The Balaban J connectivity index is 0.00000145. The molecule has 0 aromatic heterocycles. The van der Waals surface area contributed by atoms with Crippen LogP contribution in [0, 0.1) is 6.92 Å². The maximum Gasteiger partial charge on any atom is 0.424 e. The first kappa shape index (κ1) is 44.8. The molecule has 2 aliphatic rings. The molecule has 11 heteroatoms. The molecule has 8 nitrogen and oxygen atoms in total. The predicted molar refractivity (Wildman–Crippen MR) is 262 cm³/mol. The number of amides is 2. The zero-order valence-electron chi connectivity index (χ0n) is 35.7. The van der Waals surface area contributed by atoms with Gasteiger partial charge in [-0.3, -0.25) is 9.59 Å². The summed E-state index contributed by atoms with van der Waals surface area (Å²) < 4.78 is 30.2. The van der Waals surface area contributed by atoms with Gasteiger partial charge in [0.1, 0.15) is 17.2 Å². The number of allylic oxidation sites excluding steroid dienone is 2. The van der Waals surface area contributed by atoms with Gasteiger partial charge in [-0.05, 0) is 89.1 Å². The summed E-state index contributed by atoms with van der Waals surface area (Å²) >= 11 is 6.30. The largest absolute Gasteiger partial charge is 0.431 e. The standard InChI is InChI=1S/C48H35ClN2O6P2.2C2H6/c1-32-19-25-37(26-20-32)50-47(52)33(2)12-4-3-11-31-54-58(50)56-43-29-21-34-13-5-7-15-39(34)45(43)46-40-16-8-6-14-35(40)22-30-44(46)57-59-51(38-27-23-36(49)24-28-38)48(53)41-17-9-10-18-42(41)55-59;2*1-2/h3-30H,2,31H2,1H3;2*1-2H3/b11-3-,12-4-;;. The second-order valence-corrected chi connectivity index (χ2v) is 16.7. The lowest BCUT2D eigenvalue weighted by molar-refractivity contribution is -0.113. The van der Waals surface area contributed by atoms with Crippen molar-refractivity contribution in [1.82, 2.24) is 0 Å². The van der Waals surface area contributed by atoms with Crippen LogP contribution in [0.2, 0.25) is 5.02 Å². The summed E-state index contributed by atoms with van der Waals surface area (Å²) in [6.07, 6.45) is 7.14. The molecule has 2 atom stereocenters. The van der Waals surface area contributed by atoms with Crippen LogP contribution in [-0.2, 0) is 9.32 Å². The summed E-state index contributed by atoms with van der Waals surface area (Å²) in [5.41, 5.74) is 4.32. The van der Waals surface area contributed by atoms with Gasteiger partial charge in [0.15, 0.2) is 0 Å². The second-order valence-electron chi connectivity index (χ2n) is 13.7. The lowest BCUT2D eigenvalue weighted by Crippen LogP contribution is -2.33. The number of hydrogen-bond acceptors (Lipinski definition) is 6. The van der Waals surface area contributed by atoms with E-state index in [4.69, 9.17) is 29.7 Å². The van der Waals surface area contributed by atoms with Crippen molar-refractivity contribution < 1.29 is 27.7 Å². The SMILES string of the molecule is C=C1/C=C\C=C/COP(Oc2ccc3ccccc3c2-c2c(OP3Oc4ccccc4C(=O)N3c3ccc(Cl)cc3)ccc3ccccc23)N(c2ccc(C)cc2)C1=O.CC.CC. The number of aryl methyl sites for hydroxylation is 1. The second kappa shape index (κ2) is 20.7. The highest BCUT2D eigenvalue weighted by Gasteiger charge is 2.40. The summed E-state index contributed by atoms with van der Waals surface area (Å²) in [5, 5.41) is 4.18. The third-order valence-electron chi connectivity index (χ3n) is 9.84. The van der Waals surface area contributed by atoms with Crippen LogP contribution in [0.25, 0.3) is 32.7 Å². The highest BCUT2D eigenvalue weighted by molar-refractivity contribution is 7.51. The van der Waals surface area contributed by atoms with Gasteiger partial charge in [0.2, 0.25) is 0 Å². The third kappa shape index (κ3) is 9.56. The number of rotatable bonds is 7. The van der Waals surface area contributed by atoms with Crippen LogP contribution in [0.15, 0.2) is 182 Å². The number of para-hydroxylation sites is 1. The molecule has 318 valence electrons. The molecular formula is C52H47ClN2O6P2. The van der Waals surface area contributed by atoms with Gasteiger partial charge in [-0.15, -0.1) is 0 Å². The summed E-state index contributed by atoms with van der Waals surface area (Å²) in [7, 11) is -4.24. The van der Waals surface area contributed by atoms with Gasteiger partial charge in [-0.1, -0.05) is 161 Å². The predicted octanol–water partition coefficient (Wildman–Crippen LogP) is 15.4. The molecule has 0 bridgehead atoms. The van der Waals surface area contributed by atoms with E-state index in [2.05, 4.69) is 6.58 Å². The number of nitrogens with zero attached hydrogens (tertiary/aromatic N) is 2. The van der Waals surface area contributed by atoms with E-state index in [0.717, 1.165) is 27.1 Å². The van der Waals surface area contributed by atoms with Gasteiger partial charge in [0, 0.05) is 21.7 Å². The summed E-state index contributed by atoms with van der Waals surface area (Å²) in [6, 6.07) is 45.6. The van der Waals surface area contributed by atoms with Crippen molar-refractivity contribution >= 4 is 73.4 Å². The Bertz CT molecular complexity index is 2830. The Hall–Kier alpha value is -6.27. The first-order chi connectivity index (χ1) is 30.8. The van der Waals surface area contributed by atoms with E-state index in [1.165, 1.54) is 0 Å². The van der Waals surface area contributed by atoms with Crippen LogP contribution >= 0.6 is 28.7 Å². The van der Waals surface area contributed by atoms with Gasteiger partial charge < -0.3 is 18.1 Å². The first-order valence-corrected chi connectivity index (χ1v) is 23.4. The zero-order chi connectivity index (χ0) is 44.5. The van der Waals surface area contributed by atoms with E-state index in [9.17, 15) is 9.59 Å². The van der Waals surface area contributed by atoms with Gasteiger partial charge >= 0.3 is 17.1 Å². The van der Waals surface area contributed by atoms with Crippen LogP contribution in [0.1, 0.15) is 43.6 Å². The van der Waals surface area contributed by atoms with Crippen LogP contribution in [0.5, 0.6) is 17.2 Å². The third-order valence-corrected chi connectivity index (χ3v) is 13.0. The summed E-state index contributed by atoms with van der Waals surface area (Å²) in [5.74, 6) is 0.713. The van der Waals surface area contributed by atoms with E-state index in [1.54, 1.807) is 64.0 Å². The van der Waals surface area contributed by atoms with Crippen molar-refractivity contribution in [2.75, 3.05) is 15.9 Å². The quantitative estimate of drug-likeness (QED) is 0.117. The molecule has 0 aliphatic carbocycles. The van der Waals surface area contributed by atoms with Crippen LogP contribution in [0.3, 0.4) is 0 Å². The molecule has 0 saturated heterocycles. The summed E-state index contributed by atoms with van der Waals surface area (Å²) in [6.45, 7) is 14.3. The molecule has 0 fully saturated rings. The average Bonchev–Trinajstić information content (AvgIpc) is 3.32. The first-order valence-electron chi connectivity index (χ1n) is 20.8. The van der Waals surface area contributed by atoms with Crippen LogP contribution in [-0.4, -0.2) is 18.4 Å². The number of benzene rings is 7. The minimum absolute atomic E-state index is 0.182. The van der Waals surface area contributed by atoms with Crippen molar-refractivity contribution in [3.05, 3.63) is 198 Å². The molecule has 9 rings (SSSR count). The molecule has 63 heavy (non-hydrogen) atoms. The Morgan fingerprint density at radius 1 is 0.603 bits per heavy atom. The van der Waals surface area contributed by atoms with Crippen molar-refractivity contribution in [1.29, 1.82) is 0 Å². The summed E-state index contributed by atoms with van der Waals surface area (Å²) in [4.78, 5) is 28.6. The van der Waals surface area contributed by atoms with E-state index in [-0.39, 0.29) is 24.0 Å². The fourth-order valence-electron chi connectivity index (χ4n) is 6.95.